The lowest BCUT2D eigenvalue weighted by Crippen LogP contribution is -2.41. The predicted octanol–water partition coefficient (Wildman–Crippen LogP) is 1.29. The Hall–Kier alpha value is -2.77. The van der Waals surface area contributed by atoms with E-state index in [0.29, 0.717) is 29.7 Å². The average Bonchev–Trinajstić information content (AvgIpc) is 2.67. The van der Waals surface area contributed by atoms with Crippen molar-refractivity contribution in [2.24, 2.45) is 5.92 Å². The van der Waals surface area contributed by atoms with Gasteiger partial charge < -0.3 is 15.1 Å². The molecule has 2 aromatic rings. The molecule has 0 saturated carbocycles. The van der Waals surface area contributed by atoms with Crippen molar-refractivity contribution in [3.63, 3.8) is 0 Å². The maximum absolute atomic E-state index is 12.5. The summed E-state index contributed by atoms with van der Waals surface area (Å²) in [6.07, 6.45) is 7.26. The summed E-state index contributed by atoms with van der Waals surface area (Å²) >= 11 is 0. The standard InChI is InChI=1S/C18H25N7O/c1-13-15(11-22-18(23-13)24(2)3)16(26)21-10-14-6-4-9-25(12-14)17-19-7-5-8-20-17/h5,7-8,11,14H,4,6,9-10,12H2,1-3H3,(H,21,26). The third-order valence-electron chi connectivity index (χ3n) is 4.52. The zero-order chi connectivity index (χ0) is 18.5. The Balaban J connectivity index is 1.57. The Kier molecular flexibility index (Phi) is 5.60. The fourth-order valence-corrected chi connectivity index (χ4v) is 3.09. The van der Waals surface area contributed by atoms with Crippen LogP contribution in [-0.4, -0.2) is 59.6 Å². The summed E-state index contributed by atoms with van der Waals surface area (Å²) in [6, 6.07) is 1.82. The molecule has 8 nitrogen and oxygen atoms in total. The fourth-order valence-electron chi connectivity index (χ4n) is 3.09. The van der Waals surface area contributed by atoms with E-state index < -0.39 is 0 Å². The first-order chi connectivity index (χ1) is 12.5. The van der Waals surface area contributed by atoms with Gasteiger partial charge in [0.15, 0.2) is 0 Å². The van der Waals surface area contributed by atoms with E-state index in [-0.39, 0.29) is 5.91 Å². The summed E-state index contributed by atoms with van der Waals surface area (Å²) in [6.45, 7) is 4.25. The topological polar surface area (TPSA) is 87.1 Å². The van der Waals surface area contributed by atoms with Gasteiger partial charge in [0, 0.05) is 52.3 Å². The summed E-state index contributed by atoms with van der Waals surface area (Å²) in [5, 5.41) is 3.03. The van der Waals surface area contributed by atoms with E-state index in [0.717, 1.165) is 31.9 Å². The van der Waals surface area contributed by atoms with Crippen LogP contribution in [0, 0.1) is 12.8 Å². The zero-order valence-electron chi connectivity index (χ0n) is 15.5. The number of rotatable bonds is 5. The molecule has 1 aliphatic rings. The van der Waals surface area contributed by atoms with E-state index in [1.165, 1.54) is 0 Å². The first-order valence-electron chi connectivity index (χ1n) is 8.85. The Morgan fingerprint density at radius 3 is 2.77 bits per heavy atom. The minimum atomic E-state index is -0.124. The lowest BCUT2D eigenvalue weighted by atomic mass is 9.98. The number of carbonyl (C=O) groups is 1. The van der Waals surface area contributed by atoms with E-state index in [1.54, 1.807) is 18.6 Å². The number of nitrogens with one attached hydrogen (secondary N) is 1. The van der Waals surface area contributed by atoms with Crippen molar-refractivity contribution in [1.29, 1.82) is 0 Å². The maximum atomic E-state index is 12.5. The van der Waals surface area contributed by atoms with Crippen LogP contribution in [0.1, 0.15) is 28.9 Å². The van der Waals surface area contributed by atoms with Crippen LogP contribution in [-0.2, 0) is 0 Å². The SMILES string of the molecule is Cc1nc(N(C)C)ncc1C(=O)NCC1CCCN(c2ncccn2)C1. The Morgan fingerprint density at radius 1 is 1.31 bits per heavy atom. The smallest absolute Gasteiger partial charge is 0.254 e. The molecule has 1 aliphatic heterocycles. The van der Waals surface area contributed by atoms with Crippen molar-refractivity contribution in [2.75, 3.05) is 43.5 Å². The first-order valence-corrected chi connectivity index (χ1v) is 8.85. The lowest BCUT2D eigenvalue weighted by Gasteiger charge is -2.32. The molecular formula is C18H25N7O. The number of aromatic nitrogens is 4. The molecule has 0 aliphatic carbocycles. The molecule has 3 rings (SSSR count). The highest BCUT2D eigenvalue weighted by atomic mass is 16.1. The minimum absolute atomic E-state index is 0.124. The third kappa shape index (κ3) is 4.25. The van der Waals surface area contributed by atoms with Gasteiger partial charge in [-0.3, -0.25) is 4.79 Å². The molecule has 0 radical (unpaired) electrons. The largest absolute Gasteiger partial charge is 0.352 e. The maximum Gasteiger partial charge on any atom is 0.254 e. The monoisotopic (exact) mass is 355 g/mol. The molecule has 0 bridgehead atoms. The molecule has 0 aromatic carbocycles. The van der Waals surface area contributed by atoms with E-state index in [1.807, 2.05) is 32.0 Å². The van der Waals surface area contributed by atoms with Crippen molar-refractivity contribution >= 4 is 17.8 Å². The second-order valence-electron chi connectivity index (χ2n) is 6.78. The van der Waals surface area contributed by atoms with Crippen LogP contribution < -0.4 is 15.1 Å². The highest BCUT2D eigenvalue weighted by molar-refractivity contribution is 5.95. The number of hydrogen-bond donors (Lipinski definition) is 1. The normalized spacial score (nSPS) is 17.0. The van der Waals surface area contributed by atoms with Crippen LogP contribution in [0.3, 0.4) is 0 Å². The summed E-state index contributed by atoms with van der Waals surface area (Å²) in [5.74, 6) is 1.61. The summed E-state index contributed by atoms with van der Waals surface area (Å²) in [7, 11) is 3.75. The van der Waals surface area contributed by atoms with Crippen LogP contribution in [0.5, 0.6) is 0 Å². The second-order valence-corrected chi connectivity index (χ2v) is 6.78. The lowest BCUT2D eigenvalue weighted by molar-refractivity contribution is 0.0944. The van der Waals surface area contributed by atoms with Crippen molar-refractivity contribution in [2.45, 2.75) is 19.8 Å². The van der Waals surface area contributed by atoms with Crippen molar-refractivity contribution in [3.8, 4) is 0 Å². The van der Waals surface area contributed by atoms with Gasteiger partial charge in [-0.1, -0.05) is 0 Å². The van der Waals surface area contributed by atoms with Crippen LogP contribution in [0.15, 0.2) is 24.7 Å². The number of amides is 1. The first kappa shape index (κ1) is 18.0. The Morgan fingerprint density at radius 2 is 2.08 bits per heavy atom. The number of aryl methyl sites for hydroxylation is 1. The number of hydrogen-bond acceptors (Lipinski definition) is 7. The van der Waals surface area contributed by atoms with Crippen LogP contribution >= 0.6 is 0 Å². The minimum Gasteiger partial charge on any atom is -0.352 e. The zero-order valence-corrected chi connectivity index (χ0v) is 15.5. The van der Waals surface area contributed by atoms with Crippen LogP contribution in [0.25, 0.3) is 0 Å². The molecule has 138 valence electrons. The third-order valence-corrected chi connectivity index (χ3v) is 4.52. The predicted molar refractivity (Wildman–Crippen MR) is 100 cm³/mol. The molecule has 3 heterocycles. The van der Waals surface area contributed by atoms with E-state index in [4.69, 9.17) is 0 Å². The van der Waals surface area contributed by atoms with E-state index in [2.05, 4.69) is 30.2 Å². The highest BCUT2D eigenvalue weighted by Gasteiger charge is 2.22. The highest BCUT2D eigenvalue weighted by Crippen LogP contribution is 2.19. The molecular weight excluding hydrogens is 330 g/mol. The van der Waals surface area contributed by atoms with Gasteiger partial charge in [0.1, 0.15) is 0 Å². The molecule has 1 atom stereocenters. The van der Waals surface area contributed by atoms with E-state index >= 15 is 0 Å². The van der Waals surface area contributed by atoms with Gasteiger partial charge in [0.2, 0.25) is 11.9 Å². The van der Waals surface area contributed by atoms with Gasteiger partial charge in [-0.05, 0) is 31.7 Å². The molecule has 26 heavy (non-hydrogen) atoms. The molecule has 1 unspecified atom stereocenters. The number of anilines is 2. The van der Waals surface area contributed by atoms with Crippen molar-refractivity contribution in [3.05, 3.63) is 35.9 Å². The van der Waals surface area contributed by atoms with Crippen molar-refractivity contribution in [1.82, 2.24) is 25.3 Å². The summed E-state index contributed by atoms with van der Waals surface area (Å²) in [5.41, 5.74) is 1.21. The molecule has 1 saturated heterocycles. The van der Waals surface area contributed by atoms with Gasteiger partial charge in [-0.2, -0.15) is 0 Å². The van der Waals surface area contributed by atoms with Crippen molar-refractivity contribution < 1.29 is 4.79 Å². The van der Waals surface area contributed by atoms with Gasteiger partial charge in [0.25, 0.3) is 5.91 Å². The molecule has 1 fully saturated rings. The van der Waals surface area contributed by atoms with Gasteiger partial charge in [0.05, 0.1) is 11.3 Å². The van der Waals surface area contributed by atoms with Gasteiger partial charge in [-0.25, -0.2) is 19.9 Å². The average molecular weight is 355 g/mol. The Labute approximate surface area is 153 Å². The molecule has 8 heteroatoms. The number of piperidine rings is 1. The van der Waals surface area contributed by atoms with Gasteiger partial charge in [-0.15, -0.1) is 0 Å². The molecule has 1 N–H and O–H groups in total. The summed E-state index contributed by atoms with van der Waals surface area (Å²) < 4.78 is 0. The number of carbonyl (C=O) groups excluding carboxylic acids is 1. The van der Waals surface area contributed by atoms with Crippen LogP contribution in [0.4, 0.5) is 11.9 Å². The Bertz CT molecular complexity index is 750. The quantitative estimate of drug-likeness (QED) is 0.864. The molecule has 0 spiro atoms. The second kappa shape index (κ2) is 8.07. The number of nitrogens with zero attached hydrogens (tertiary/aromatic N) is 6. The van der Waals surface area contributed by atoms with Gasteiger partial charge >= 0.3 is 0 Å². The molecule has 1 amide bonds. The fraction of sp³-hybridized carbons (Fsp3) is 0.500. The van der Waals surface area contributed by atoms with E-state index in [9.17, 15) is 4.79 Å². The molecule has 2 aromatic heterocycles. The van der Waals surface area contributed by atoms with Crippen LogP contribution in [0.2, 0.25) is 0 Å². The summed E-state index contributed by atoms with van der Waals surface area (Å²) in [4.78, 5) is 33.7.